The van der Waals surface area contributed by atoms with Crippen molar-refractivity contribution in [1.82, 2.24) is 3.55 Å². The fraction of sp³-hybridized carbons (Fsp3) is 0. The molecule has 0 N–H and O–H groups in total. The second-order valence-electron chi connectivity index (χ2n) is 3.72. The number of fused-ring (bicyclic) bond motifs is 3. The maximum absolute atomic E-state index is 3.64. The van der Waals surface area contributed by atoms with Crippen LogP contribution in [0.4, 0.5) is 0 Å². The average Bonchev–Trinajstić information content (AvgIpc) is 2.71. The summed E-state index contributed by atoms with van der Waals surface area (Å²) in [5, 5.41) is 2.77. The van der Waals surface area contributed by atoms with Crippen LogP contribution in [-0.2, 0) is 0 Å². The molecule has 1 aromatic heterocycles. The summed E-state index contributed by atoms with van der Waals surface area (Å²) in [4.78, 5) is 0. The first kappa shape index (κ1) is 12.7. The van der Waals surface area contributed by atoms with Crippen LogP contribution in [0.2, 0.25) is 0 Å². The Morgan fingerprint density at radius 2 is 1.82 bits per heavy atom. The molecular weight excluding hydrogens is 519 g/mol. The summed E-state index contributed by atoms with van der Waals surface area (Å²) in [5.41, 5.74) is 2.77. The number of para-hydroxylation sites is 1. The first-order chi connectivity index (χ1) is 8.35. The van der Waals surface area contributed by atoms with Crippen molar-refractivity contribution in [2.45, 2.75) is 0 Å². The summed E-state index contributed by atoms with van der Waals surface area (Å²) >= 11 is 6.39. The summed E-state index contributed by atoms with van der Waals surface area (Å²) < 4.78 is 3.92. The Kier molecular flexibility index (Phi) is 4.02. The quantitative estimate of drug-likeness (QED) is 0.350. The normalized spacial score (nSPS) is 11.4. The minimum atomic E-state index is -0.00763. The van der Waals surface area contributed by atoms with E-state index in [2.05, 4.69) is 79.0 Å². The van der Waals surface area contributed by atoms with Gasteiger partial charge in [0.05, 0.1) is 0 Å². The second kappa shape index (κ2) is 5.37. The van der Waals surface area contributed by atoms with Crippen molar-refractivity contribution in [3.8, 4) is 0 Å². The van der Waals surface area contributed by atoms with Crippen molar-refractivity contribution in [2.24, 2.45) is 0 Å². The molecule has 1 radical (unpaired) electrons. The fourth-order valence-corrected chi connectivity index (χ4v) is 6.55. The summed E-state index contributed by atoms with van der Waals surface area (Å²) in [6.45, 7) is 0. The Balaban J connectivity index is 2.49. The van der Waals surface area contributed by atoms with E-state index in [-0.39, 0.29) is 31.1 Å². The van der Waals surface area contributed by atoms with Gasteiger partial charge in [0.15, 0.2) is 0 Å². The third kappa shape index (κ3) is 2.18. The van der Waals surface area contributed by atoms with E-state index in [4.69, 9.17) is 0 Å². The number of hydrogen-bond donors (Lipinski definition) is 0. The van der Waals surface area contributed by atoms with Crippen molar-refractivity contribution in [2.75, 3.05) is 0 Å². The number of rotatable bonds is 2. The van der Waals surface area contributed by atoms with E-state index in [0.29, 0.717) is 0 Å². The van der Waals surface area contributed by atoms with Crippen LogP contribution >= 0.6 is 33.0 Å². The number of benzene rings is 2. The van der Waals surface area contributed by atoms with Crippen LogP contribution in [0.3, 0.4) is 0 Å². The molecule has 3 aromatic rings. The van der Waals surface area contributed by atoms with Gasteiger partial charge in [0.2, 0.25) is 0 Å². The van der Waals surface area contributed by atoms with Gasteiger partial charge in [0, 0.05) is 0 Å². The Hall–Kier alpha value is 0.712. The van der Waals surface area contributed by atoms with E-state index >= 15 is 0 Å². The van der Waals surface area contributed by atoms with Gasteiger partial charge in [-0.2, -0.15) is 0 Å². The Morgan fingerprint density at radius 3 is 2.59 bits per heavy atom. The van der Waals surface area contributed by atoms with Crippen LogP contribution < -0.4 is 19.0 Å². The van der Waals surface area contributed by atoms with Gasteiger partial charge in [0.1, 0.15) is 0 Å². The zero-order valence-electron chi connectivity index (χ0n) is 8.70. The molecule has 17 heavy (non-hydrogen) atoms. The molecule has 2 aromatic carbocycles. The zero-order valence-corrected chi connectivity index (χ0v) is 15.8. The van der Waals surface area contributed by atoms with Crippen LogP contribution in [0.15, 0.2) is 42.5 Å². The van der Waals surface area contributed by atoms with Gasteiger partial charge >= 0.3 is 135 Å². The molecule has 0 saturated heterocycles. The SMILES string of the molecule is Br[I-]c1ccc2c3ccccc3[n]([Al][I])c2c1. The van der Waals surface area contributed by atoms with E-state index in [9.17, 15) is 0 Å². The standard InChI is InChI=1S/C12H7BrIN.Al.HI/c13-14-8-5-6-10-9-3-1-2-4-11(9)15-12(10)7-8;;/h1-7H;;1H/q-2;+2;/p-1. The molecule has 1 nitrogen and oxygen atoms in total. The van der Waals surface area contributed by atoms with Crippen LogP contribution in [-0.4, -0.2) is 15.7 Å². The molecule has 1 heterocycles. The van der Waals surface area contributed by atoms with Gasteiger partial charge < -0.3 is 0 Å². The molecule has 0 aliphatic carbocycles. The summed E-state index contributed by atoms with van der Waals surface area (Å²) in [5.74, 6) is 0. The Morgan fingerprint density at radius 1 is 1.06 bits per heavy atom. The molecule has 0 spiro atoms. The predicted octanol–water partition coefficient (Wildman–Crippen LogP) is 1.18. The number of hydrogen-bond acceptors (Lipinski definition) is 0. The molecule has 0 aliphatic rings. The van der Waals surface area contributed by atoms with Crippen molar-refractivity contribution in [3.05, 3.63) is 46.0 Å². The van der Waals surface area contributed by atoms with Crippen molar-refractivity contribution in [3.63, 3.8) is 0 Å². The average molecular weight is 526 g/mol. The topological polar surface area (TPSA) is 4.93 Å². The summed E-state index contributed by atoms with van der Waals surface area (Å²) in [6.07, 6.45) is 0. The molecular formula is C12H7AlBrI2N-. The number of halogens is 3. The molecule has 0 fully saturated rings. The maximum atomic E-state index is 3.64. The molecule has 0 aliphatic heterocycles. The van der Waals surface area contributed by atoms with Gasteiger partial charge in [-0.05, 0) is 0 Å². The molecule has 0 unspecified atom stereocenters. The van der Waals surface area contributed by atoms with Crippen molar-refractivity contribution in [1.29, 1.82) is 0 Å². The van der Waals surface area contributed by atoms with E-state index in [1.54, 1.807) is 0 Å². The van der Waals surface area contributed by atoms with Gasteiger partial charge in [-0.1, -0.05) is 0 Å². The van der Waals surface area contributed by atoms with Gasteiger partial charge in [-0.25, -0.2) is 0 Å². The predicted molar refractivity (Wildman–Crippen MR) is 82.2 cm³/mol. The monoisotopic (exact) mass is 525 g/mol. The van der Waals surface area contributed by atoms with Crippen LogP contribution in [0, 0.1) is 3.57 Å². The van der Waals surface area contributed by atoms with Crippen molar-refractivity contribution < 1.29 is 19.0 Å². The van der Waals surface area contributed by atoms with Crippen molar-refractivity contribution >= 4 is 66.9 Å². The third-order valence-corrected chi connectivity index (χ3v) is 8.74. The molecule has 0 bridgehead atoms. The number of aromatic nitrogens is 1. The first-order valence-electron chi connectivity index (χ1n) is 5.07. The van der Waals surface area contributed by atoms with E-state index in [1.165, 1.54) is 25.4 Å². The van der Waals surface area contributed by atoms with E-state index in [1.807, 2.05) is 0 Å². The summed E-state index contributed by atoms with van der Waals surface area (Å²) in [7, 11) is 0. The number of nitrogens with zero attached hydrogens (tertiary/aromatic N) is 1. The molecule has 3 rings (SSSR count). The molecule has 0 amide bonds. The van der Waals surface area contributed by atoms with E-state index in [0.717, 1.165) is 0 Å². The van der Waals surface area contributed by atoms with Crippen LogP contribution in [0.5, 0.6) is 0 Å². The van der Waals surface area contributed by atoms with Gasteiger partial charge in [-0.15, -0.1) is 0 Å². The molecule has 0 atom stereocenters. The zero-order chi connectivity index (χ0) is 11.8. The Bertz CT molecular complexity index is 695. The molecule has 0 saturated carbocycles. The summed E-state index contributed by atoms with van der Waals surface area (Å²) in [6, 6.07) is 15.6. The van der Waals surface area contributed by atoms with Crippen LogP contribution in [0.25, 0.3) is 21.8 Å². The van der Waals surface area contributed by atoms with Crippen LogP contribution in [0.1, 0.15) is 0 Å². The Labute approximate surface area is 134 Å². The molecule has 5 heteroatoms. The van der Waals surface area contributed by atoms with E-state index < -0.39 is 0 Å². The minimum absolute atomic E-state index is 0.00763. The second-order valence-corrected chi connectivity index (χ2v) is 9.76. The first-order valence-corrected chi connectivity index (χ1v) is 15.7. The van der Waals surface area contributed by atoms with Gasteiger partial charge in [0.25, 0.3) is 0 Å². The molecule has 85 valence electrons. The van der Waals surface area contributed by atoms with Gasteiger partial charge in [-0.3, -0.25) is 0 Å². The fourth-order valence-electron chi connectivity index (χ4n) is 2.12. The third-order valence-electron chi connectivity index (χ3n) is 2.85.